The number of aromatic amines is 1. The standard InChI is InChI=1S/C19H18N2O2/c22-19(21-16-5-8-18-15(11-16)9-10-20-18)14-3-6-17(7-4-14)23-12-13-1-2-13/h3-11,13,20H,1-2,12H2,(H,21,22). The van der Waals surface area contributed by atoms with Crippen molar-refractivity contribution in [2.45, 2.75) is 12.8 Å². The third-order valence-electron chi connectivity index (χ3n) is 4.11. The normalized spacial score (nSPS) is 13.9. The lowest BCUT2D eigenvalue weighted by Gasteiger charge is -2.08. The second-order valence-corrected chi connectivity index (χ2v) is 6.01. The Balaban J connectivity index is 1.42. The summed E-state index contributed by atoms with van der Waals surface area (Å²) in [7, 11) is 0. The van der Waals surface area contributed by atoms with Crippen LogP contribution in [0.2, 0.25) is 0 Å². The molecule has 0 spiro atoms. The number of nitrogens with one attached hydrogen (secondary N) is 2. The average Bonchev–Trinajstić information content (AvgIpc) is 3.29. The van der Waals surface area contributed by atoms with Gasteiger partial charge >= 0.3 is 0 Å². The molecule has 0 aliphatic heterocycles. The summed E-state index contributed by atoms with van der Waals surface area (Å²) in [5.74, 6) is 1.43. The lowest BCUT2D eigenvalue weighted by molar-refractivity contribution is 0.102. The molecule has 0 unspecified atom stereocenters. The highest BCUT2D eigenvalue weighted by atomic mass is 16.5. The van der Waals surface area contributed by atoms with Crippen molar-refractivity contribution in [1.82, 2.24) is 4.98 Å². The van der Waals surface area contributed by atoms with Gasteiger partial charge in [0.05, 0.1) is 6.61 Å². The monoisotopic (exact) mass is 306 g/mol. The van der Waals surface area contributed by atoms with Crippen molar-refractivity contribution in [2.24, 2.45) is 5.92 Å². The van der Waals surface area contributed by atoms with Crippen molar-refractivity contribution >= 4 is 22.5 Å². The zero-order valence-electron chi connectivity index (χ0n) is 12.7. The number of fused-ring (bicyclic) bond motifs is 1. The number of aromatic nitrogens is 1. The summed E-state index contributed by atoms with van der Waals surface area (Å²) in [4.78, 5) is 15.5. The summed E-state index contributed by atoms with van der Waals surface area (Å²) < 4.78 is 5.69. The Morgan fingerprint density at radius 1 is 1.13 bits per heavy atom. The first-order chi connectivity index (χ1) is 11.3. The van der Waals surface area contributed by atoms with E-state index in [4.69, 9.17) is 4.74 Å². The van der Waals surface area contributed by atoms with Crippen LogP contribution in [0.4, 0.5) is 5.69 Å². The second kappa shape index (κ2) is 5.80. The molecular formula is C19H18N2O2. The van der Waals surface area contributed by atoms with Crippen LogP contribution in [0.5, 0.6) is 5.75 Å². The van der Waals surface area contributed by atoms with Gasteiger partial charge in [0, 0.05) is 28.4 Å². The summed E-state index contributed by atoms with van der Waals surface area (Å²) >= 11 is 0. The number of rotatable bonds is 5. The Hall–Kier alpha value is -2.75. The van der Waals surface area contributed by atoms with Gasteiger partial charge in [0.1, 0.15) is 5.75 Å². The highest BCUT2D eigenvalue weighted by Crippen LogP contribution is 2.29. The Labute approximate surface area is 134 Å². The van der Waals surface area contributed by atoms with E-state index in [1.54, 1.807) is 12.1 Å². The molecule has 116 valence electrons. The largest absolute Gasteiger partial charge is 0.493 e. The van der Waals surface area contributed by atoms with E-state index in [2.05, 4.69) is 10.3 Å². The number of carbonyl (C=O) groups is 1. The van der Waals surface area contributed by atoms with Crippen LogP contribution in [0, 0.1) is 5.92 Å². The first-order valence-electron chi connectivity index (χ1n) is 7.89. The molecule has 23 heavy (non-hydrogen) atoms. The summed E-state index contributed by atoms with van der Waals surface area (Å²) in [5.41, 5.74) is 2.47. The molecule has 4 rings (SSSR count). The van der Waals surface area contributed by atoms with Crippen LogP contribution < -0.4 is 10.1 Å². The van der Waals surface area contributed by atoms with Gasteiger partial charge in [-0.25, -0.2) is 0 Å². The van der Waals surface area contributed by atoms with E-state index in [0.29, 0.717) is 5.56 Å². The average molecular weight is 306 g/mol. The smallest absolute Gasteiger partial charge is 0.255 e. The molecule has 1 aromatic heterocycles. The van der Waals surface area contributed by atoms with Crippen molar-refractivity contribution in [3.8, 4) is 5.75 Å². The van der Waals surface area contributed by atoms with Crippen LogP contribution in [-0.2, 0) is 0 Å². The molecule has 3 aromatic rings. The quantitative estimate of drug-likeness (QED) is 0.742. The van der Waals surface area contributed by atoms with Gasteiger partial charge in [-0.15, -0.1) is 0 Å². The maximum Gasteiger partial charge on any atom is 0.255 e. The van der Waals surface area contributed by atoms with Crippen molar-refractivity contribution in [2.75, 3.05) is 11.9 Å². The van der Waals surface area contributed by atoms with E-state index < -0.39 is 0 Å². The molecule has 1 aliphatic rings. The number of hydrogen-bond donors (Lipinski definition) is 2. The minimum absolute atomic E-state index is 0.117. The Kier molecular flexibility index (Phi) is 3.50. The molecule has 2 aromatic carbocycles. The van der Waals surface area contributed by atoms with E-state index in [1.807, 2.05) is 42.6 Å². The highest BCUT2D eigenvalue weighted by molar-refractivity contribution is 6.05. The number of hydrogen-bond acceptors (Lipinski definition) is 2. The molecule has 1 saturated carbocycles. The zero-order valence-corrected chi connectivity index (χ0v) is 12.7. The van der Waals surface area contributed by atoms with E-state index in [0.717, 1.165) is 34.9 Å². The first-order valence-corrected chi connectivity index (χ1v) is 7.89. The number of amides is 1. The van der Waals surface area contributed by atoms with Crippen LogP contribution >= 0.6 is 0 Å². The number of benzene rings is 2. The summed E-state index contributed by atoms with van der Waals surface area (Å²) in [6.07, 6.45) is 4.43. The summed E-state index contributed by atoms with van der Waals surface area (Å²) in [6, 6.07) is 15.1. The second-order valence-electron chi connectivity index (χ2n) is 6.01. The summed E-state index contributed by atoms with van der Waals surface area (Å²) in [5, 5.41) is 4.00. The maximum atomic E-state index is 12.3. The van der Waals surface area contributed by atoms with Crippen LogP contribution in [0.25, 0.3) is 10.9 Å². The molecule has 0 atom stereocenters. The number of ether oxygens (including phenoxy) is 1. The minimum Gasteiger partial charge on any atom is -0.493 e. The van der Waals surface area contributed by atoms with Crippen LogP contribution in [0.3, 0.4) is 0 Å². The maximum absolute atomic E-state index is 12.3. The number of anilines is 1. The van der Waals surface area contributed by atoms with Gasteiger partial charge in [-0.2, -0.15) is 0 Å². The van der Waals surface area contributed by atoms with E-state index >= 15 is 0 Å². The van der Waals surface area contributed by atoms with Crippen LogP contribution in [-0.4, -0.2) is 17.5 Å². The van der Waals surface area contributed by atoms with Crippen LogP contribution in [0.1, 0.15) is 23.2 Å². The Bertz CT molecular complexity index is 832. The molecule has 1 aliphatic carbocycles. The molecule has 0 bridgehead atoms. The molecule has 1 heterocycles. The fourth-order valence-corrected chi connectivity index (χ4v) is 2.54. The Morgan fingerprint density at radius 3 is 2.74 bits per heavy atom. The van der Waals surface area contributed by atoms with Gasteiger partial charge in [-0.3, -0.25) is 4.79 Å². The Morgan fingerprint density at radius 2 is 1.96 bits per heavy atom. The molecule has 1 amide bonds. The third kappa shape index (κ3) is 3.21. The van der Waals surface area contributed by atoms with Gasteiger partial charge in [-0.05, 0) is 67.3 Å². The minimum atomic E-state index is -0.117. The van der Waals surface area contributed by atoms with Crippen molar-refractivity contribution < 1.29 is 9.53 Å². The first kappa shape index (κ1) is 13.9. The third-order valence-corrected chi connectivity index (χ3v) is 4.11. The fourth-order valence-electron chi connectivity index (χ4n) is 2.54. The lowest BCUT2D eigenvalue weighted by Crippen LogP contribution is -2.11. The highest BCUT2D eigenvalue weighted by Gasteiger charge is 2.21. The van der Waals surface area contributed by atoms with Gasteiger partial charge in [0.15, 0.2) is 0 Å². The molecule has 2 N–H and O–H groups in total. The van der Waals surface area contributed by atoms with Gasteiger partial charge in [-0.1, -0.05) is 0 Å². The summed E-state index contributed by atoms with van der Waals surface area (Å²) in [6.45, 7) is 0.780. The molecule has 0 radical (unpaired) electrons. The van der Waals surface area contributed by atoms with Crippen molar-refractivity contribution in [1.29, 1.82) is 0 Å². The molecular weight excluding hydrogens is 288 g/mol. The van der Waals surface area contributed by atoms with Crippen molar-refractivity contribution in [3.63, 3.8) is 0 Å². The molecule has 4 heteroatoms. The van der Waals surface area contributed by atoms with Gasteiger partial charge in [0.2, 0.25) is 0 Å². The molecule has 1 fully saturated rings. The fraction of sp³-hybridized carbons (Fsp3) is 0.211. The predicted molar refractivity (Wildman–Crippen MR) is 90.9 cm³/mol. The van der Waals surface area contributed by atoms with E-state index in [-0.39, 0.29) is 5.91 Å². The number of H-pyrrole nitrogens is 1. The molecule has 4 nitrogen and oxygen atoms in total. The topological polar surface area (TPSA) is 54.1 Å². The van der Waals surface area contributed by atoms with E-state index in [9.17, 15) is 4.79 Å². The number of carbonyl (C=O) groups excluding carboxylic acids is 1. The SMILES string of the molecule is O=C(Nc1ccc2[nH]ccc2c1)c1ccc(OCC2CC2)cc1. The molecule has 0 saturated heterocycles. The van der Waals surface area contributed by atoms with E-state index in [1.165, 1.54) is 12.8 Å². The van der Waals surface area contributed by atoms with Crippen molar-refractivity contribution in [3.05, 3.63) is 60.3 Å². The lowest BCUT2D eigenvalue weighted by atomic mass is 10.2. The van der Waals surface area contributed by atoms with Gasteiger partial charge in [0.25, 0.3) is 5.91 Å². The zero-order chi connectivity index (χ0) is 15.6. The predicted octanol–water partition coefficient (Wildman–Crippen LogP) is 4.21. The van der Waals surface area contributed by atoms with Crippen LogP contribution in [0.15, 0.2) is 54.7 Å². The van der Waals surface area contributed by atoms with Gasteiger partial charge < -0.3 is 15.0 Å².